The molecule has 29 heavy (non-hydrogen) atoms. The summed E-state index contributed by atoms with van der Waals surface area (Å²) in [6.07, 6.45) is 4.05. The van der Waals surface area contributed by atoms with Crippen LogP contribution in [0.3, 0.4) is 0 Å². The zero-order valence-corrected chi connectivity index (χ0v) is 16.3. The summed E-state index contributed by atoms with van der Waals surface area (Å²) >= 11 is 0. The number of esters is 1. The zero-order valence-electron chi connectivity index (χ0n) is 16.3. The highest BCUT2D eigenvalue weighted by molar-refractivity contribution is 5.86. The molecule has 0 aliphatic carbocycles. The lowest BCUT2D eigenvalue weighted by Gasteiger charge is -2.39. The van der Waals surface area contributed by atoms with Crippen molar-refractivity contribution in [3.05, 3.63) is 101 Å². The van der Waals surface area contributed by atoms with Gasteiger partial charge in [0.15, 0.2) is 0 Å². The molecule has 1 aliphatic rings. The Morgan fingerprint density at radius 2 is 1.83 bits per heavy atom. The van der Waals surface area contributed by atoms with Crippen LogP contribution in [0.5, 0.6) is 5.75 Å². The third-order valence-electron chi connectivity index (χ3n) is 5.31. The highest BCUT2D eigenvalue weighted by Crippen LogP contribution is 2.39. The molecule has 0 radical (unpaired) electrons. The highest BCUT2D eigenvalue weighted by atomic mass is 16.5. The first-order chi connectivity index (χ1) is 14.2. The number of hydrogen-bond donors (Lipinski definition) is 1. The van der Waals surface area contributed by atoms with Crippen molar-refractivity contribution >= 4 is 17.7 Å². The molecule has 3 aromatic rings. The molecule has 0 saturated carbocycles. The van der Waals surface area contributed by atoms with Gasteiger partial charge >= 0.3 is 5.97 Å². The number of phenols is 1. The first-order valence-corrected chi connectivity index (χ1v) is 9.65. The molecule has 3 aromatic carbocycles. The summed E-state index contributed by atoms with van der Waals surface area (Å²) in [5.41, 5.74) is 5.65. The van der Waals surface area contributed by atoms with Gasteiger partial charge in [-0.1, -0.05) is 48.5 Å². The normalized spacial score (nSPS) is 15.9. The number of carbonyl (C=O) groups excluding carboxylic acids is 1. The number of methoxy groups -OCH3 is 1. The van der Waals surface area contributed by atoms with Crippen molar-refractivity contribution in [3.63, 3.8) is 0 Å². The van der Waals surface area contributed by atoms with Crippen molar-refractivity contribution in [2.24, 2.45) is 0 Å². The summed E-state index contributed by atoms with van der Waals surface area (Å²) in [6.45, 7) is 0.870. The second kappa shape index (κ2) is 8.23. The molecule has 0 saturated heterocycles. The highest BCUT2D eigenvalue weighted by Gasteiger charge is 2.29. The summed E-state index contributed by atoms with van der Waals surface area (Å²) in [7, 11) is 1.37. The lowest BCUT2D eigenvalue weighted by molar-refractivity contribution is -0.134. The van der Waals surface area contributed by atoms with Crippen LogP contribution in [0, 0.1) is 0 Å². The Morgan fingerprint density at radius 1 is 1.07 bits per heavy atom. The summed E-state index contributed by atoms with van der Waals surface area (Å²) in [6, 6.07) is 24.3. The summed E-state index contributed by atoms with van der Waals surface area (Å²) in [4.78, 5) is 13.7. The maximum atomic E-state index is 11.3. The fraction of sp³-hybridized carbons (Fsp3) is 0.160. The molecule has 0 amide bonds. The van der Waals surface area contributed by atoms with Crippen molar-refractivity contribution in [2.75, 3.05) is 18.6 Å². The smallest absolute Gasteiger partial charge is 0.330 e. The number of rotatable bonds is 4. The molecule has 1 N–H and O–H groups in total. The minimum atomic E-state index is -0.370. The van der Waals surface area contributed by atoms with Crippen LogP contribution in [-0.2, 0) is 16.0 Å². The molecule has 0 bridgehead atoms. The number of benzene rings is 3. The molecular weight excluding hydrogens is 362 g/mol. The number of nitrogens with zero attached hydrogens (tertiary/aromatic N) is 1. The van der Waals surface area contributed by atoms with Crippen LogP contribution in [0.15, 0.2) is 78.9 Å². The van der Waals surface area contributed by atoms with Crippen LogP contribution >= 0.6 is 0 Å². The van der Waals surface area contributed by atoms with E-state index >= 15 is 0 Å². The molecule has 1 aliphatic heterocycles. The molecule has 146 valence electrons. The third kappa shape index (κ3) is 4.02. The molecule has 1 unspecified atom stereocenters. The van der Waals surface area contributed by atoms with E-state index in [-0.39, 0.29) is 12.0 Å². The molecule has 0 aromatic heterocycles. The van der Waals surface area contributed by atoms with E-state index < -0.39 is 0 Å². The predicted octanol–water partition coefficient (Wildman–Crippen LogP) is 4.73. The average molecular weight is 385 g/mol. The Kier molecular flexibility index (Phi) is 5.34. The molecular formula is C25H23NO3. The number of aromatic hydroxyl groups is 1. The van der Waals surface area contributed by atoms with E-state index in [1.807, 2.05) is 30.3 Å². The Hall–Kier alpha value is -3.53. The van der Waals surface area contributed by atoms with Crippen LogP contribution in [-0.4, -0.2) is 24.7 Å². The average Bonchev–Trinajstić information content (AvgIpc) is 2.77. The van der Waals surface area contributed by atoms with E-state index in [4.69, 9.17) is 0 Å². The van der Waals surface area contributed by atoms with Gasteiger partial charge in [-0.05, 0) is 59.0 Å². The molecule has 1 atom stereocenters. The zero-order chi connectivity index (χ0) is 20.2. The Bertz CT molecular complexity index is 1030. The van der Waals surface area contributed by atoms with Crippen molar-refractivity contribution in [3.8, 4) is 5.75 Å². The summed E-state index contributed by atoms with van der Waals surface area (Å²) in [5.74, 6) is -0.0655. The standard InChI is InChI=1S/C25H23NO3/c1-29-24(28)14-9-18-7-10-19(11-8-18)25-23-13-12-22(27)17-20(23)15-16-26(25)21-5-3-2-4-6-21/h2-14,17,25,27H,15-16H2,1H3. The van der Waals surface area contributed by atoms with Crippen molar-refractivity contribution in [2.45, 2.75) is 12.5 Å². The second-order valence-electron chi connectivity index (χ2n) is 7.09. The number of ether oxygens (including phenoxy) is 1. The largest absolute Gasteiger partial charge is 0.508 e. The number of fused-ring (bicyclic) bond motifs is 1. The topological polar surface area (TPSA) is 49.8 Å². The molecule has 4 heteroatoms. The summed E-state index contributed by atoms with van der Waals surface area (Å²) in [5, 5.41) is 9.93. The van der Waals surface area contributed by atoms with E-state index in [9.17, 15) is 9.90 Å². The Labute approximate surface area is 170 Å². The van der Waals surface area contributed by atoms with Crippen LogP contribution in [0.1, 0.15) is 28.3 Å². The fourth-order valence-electron chi connectivity index (χ4n) is 3.89. The van der Waals surface area contributed by atoms with Gasteiger partial charge in [0.05, 0.1) is 13.2 Å². The lowest BCUT2D eigenvalue weighted by atomic mass is 9.87. The molecule has 0 fully saturated rings. The van der Waals surface area contributed by atoms with Crippen molar-refractivity contribution < 1.29 is 14.6 Å². The number of carbonyl (C=O) groups is 1. The van der Waals surface area contributed by atoms with Gasteiger partial charge in [0.2, 0.25) is 0 Å². The first kappa shape index (κ1) is 18.8. The minimum Gasteiger partial charge on any atom is -0.508 e. The quantitative estimate of drug-likeness (QED) is 0.521. The van der Waals surface area contributed by atoms with E-state index in [2.05, 4.69) is 46.0 Å². The number of para-hydroxylation sites is 1. The van der Waals surface area contributed by atoms with Gasteiger partial charge in [-0.25, -0.2) is 4.79 Å². The maximum Gasteiger partial charge on any atom is 0.330 e. The number of hydrogen-bond acceptors (Lipinski definition) is 4. The van der Waals surface area contributed by atoms with Crippen molar-refractivity contribution in [1.29, 1.82) is 0 Å². The van der Waals surface area contributed by atoms with Crippen molar-refractivity contribution in [1.82, 2.24) is 0 Å². The monoisotopic (exact) mass is 385 g/mol. The number of anilines is 1. The molecule has 4 nitrogen and oxygen atoms in total. The van der Waals surface area contributed by atoms with E-state index in [1.165, 1.54) is 30.0 Å². The van der Waals surface area contributed by atoms with Crippen LogP contribution in [0.2, 0.25) is 0 Å². The van der Waals surface area contributed by atoms with Gasteiger partial charge in [-0.3, -0.25) is 0 Å². The van der Waals surface area contributed by atoms with Gasteiger partial charge in [-0.15, -0.1) is 0 Å². The summed E-state index contributed by atoms with van der Waals surface area (Å²) < 4.78 is 4.65. The Balaban J connectivity index is 1.73. The van der Waals surface area contributed by atoms with Gasteiger partial charge < -0.3 is 14.7 Å². The Morgan fingerprint density at radius 3 is 2.55 bits per heavy atom. The SMILES string of the molecule is COC(=O)C=Cc1ccc(C2c3ccc(O)cc3CCN2c2ccccc2)cc1. The molecule has 1 heterocycles. The number of phenolic OH excluding ortho intramolecular Hbond substituents is 1. The first-order valence-electron chi connectivity index (χ1n) is 9.65. The third-order valence-corrected chi connectivity index (χ3v) is 5.31. The fourth-order valence-corrected chi connectivity index (χ4v) is 3.89. The van der Waals surface area contributed by atoms with Crippen LogP contribution in [0.4, 0.5) is 5.69 Å². The maximum absolute atomic E-state index is 11.3. The second-order valence-corrected chi connectivity index (χ2v) is 7.09. The van der Waals surface area contributed by atoms with E-state index in [0.717, 1.165) is 24.1 Å². The van der Waals surface area contributed by atoms with Crippen LogP contribution in [0.25, 0.3) is 6.08 Å². The van der Waals surface area contributed by atoms with E-state index in [1.54, 1.807) is 12.1 Å². The van der Waals surface area contributed by atoms with Gasteiger partial charge in [0.25, 0.3) is 0 Å². The van der Waals surface area contributed by atoms with Gasteiger partial charge in [0, 0.05) is 18.3 Å². The molecule has 4 rings (SSSR count). The van der Waals surface area contributed by atoms with Gasteiger partial charge in [-0.2, -0.15) is 0 Å². The van der Waals surface area contributed by atoms with E-state index in [0.29, 0.717) is 5.75 Å². The predicted molar refractivity (Wildman–Crippen MR) is 115 cm³/mol. The lowest BCUT2D eigenvalue weighted by Crippen LogP contribution is -2.36. The minimum absolute atomic E-state index is 0.0559. The van der Waals surface area contributed by atoms with Crippen LogP contribution < -0.4 is 4.90 Å². The molecule has 0 spiro atoms. The van der Waals surface area contributed by atoms with Gasteiger partial charge in [0.1, 0.15) is 5.75 Å².